The van der Waals surface area contributed by atoms with E-state index in [0.29, 0.717) is 0 Å². The Labute approximate surface area is 84.9 Å². The summed E-state index contributed by atoms with van der Waals surface area (Å²) in [5, 5.41) is -3.32. The van der Waals surface area contributed by atoms with Gasteiger partial charge in [-0.1, -0.05) is 12.1 Å². The van der Waals surface area contributed by atoms with Crippen LogP contribution in [0.4, 0.5) is 8.78 Å². The van der Waals surface area contributed by atoms with Gasteiger partial charge in [0.15, 0.2) is 0 Å². The van der Waals surface area contributed by atoms with Crippen molar-refractivity contribution in [2.24, 2.45) is 0 Å². The molecule has 0 amide bonds. The molecule has 0 unspecified atom stereocenters. The van der Waals surface area contributed by atoms with Crippen molar-refractivity contribution in [2.75, 3.05) is 0 Å². The zero-order valence-electron chi connectivity index (χ0n) is 6.68. The minimum absolute atomic E-state index is 0.432. The molecule has 0 saturated carbocycles. The molecule has 1 N–H and O–H groups in total. The predicted octanol–water partition coefficient (Wildman–Crippen LogP) is 1.91. The molecule has 0 saturated heterocycles. The molecule has 0 aliphatic rings. The summed E-state index contributed by atoms with van der Waals surface area (Å²) >= 11 is 3.01. The van der Waals surface area contributed by atoms with Gasteiger partial charge >= 0.3 is 5.25 Å². The van der Waals surface area contributed by atoms with Crippen LogP contribution < -0.4 is 0 Å². The van der Waals surface area contributed by atoms with Crippen molar-refractivity contribution < 1.29 is 21.8 Å². The van der Waals surface area contributed by atoms with Gasteiger partial charge in [0.25, 0.3) is 10.1 Å². The number of rotatable bonds is 2. The van der Waals surface area contributed by atoms with Crippen molar-refractivity contribution in [1.29, 1.82) is 0 Å². The van der Waals surface area contributed by atoms with Crippen LogP contribution in [-0.2, 0) is 15.4 Å². The predicted molar refractivity (Wildman–Crippen MR) is 49.1 cm³/mol. The van der Waals surface area contributed by atoms with Crippen LogP contribution in [0.15, 0.2) is 29.2 Å². The Morgan fingerprint density at radius 2 is 1.64 bits per heavy atom. The van der Waals surface area contributed by atoms with E-state index in [0.717, 1.165) is 24.3 Å². The molecule has 14 heavy (non-hydrogen) atoms. The van der Waals surface area contributed by atoms with Gasteiger partial charge in [-0.05, 0) is 12.1 Å². The van der Waals surface area contributed by atoms with Gasteiger partial charge in [0.05, 0.1) is 4.90 Å². The number of hydrogen-bond donors (Lipinski definition) is 2. The fraction of sp³-hybridized carbons (Fsp3) is 0.143. The van der Waals surface area contributed by atoms with Gasteiger partial charge in [0, 0.05) is 5.56 Å². The van der Waals surface area contributed by atoms with E-state index in [2.05, 4.69) is 12.6 Å². The Morgan fingerprint density at radius 3 is 1.93 bits per heavy atom. The van der Waals surface area contributed by atoms with Gasteiger partial charge in [-0.3, -0.25) is 4.55 Å². The third kappa shape index (κ3) is 2.66. The lowest BCUT2D eigenvalue weighted by atomic mass is 10.2. The van der Waals surface area contributed by atoms with Crippen LogP contribution in [0.5, 0.6) is 0 Å². The Bertz CT molecular complexity index is 419. The average molecular weight is 240 g/mol. The van der Waals surface area contributed by atoms with Crippen molar-refractivity contribution in [2.45, 2.75) is 10.2 Å². The van der Waals surface area contributed by atoms with Crippen molar-refractivity contribution in [3.8, 4) is 0 Å². The van der Waals surface area contributed by atoms with E-state index in [4.69, 9.17) is 4.55 Å². The van der Waals surface area contributed by atoms with Gasteiger partial charge in [0.2, 0.25) is 0 Å². The molecule has 7 heteroatoms. The van der Waals surface area contributed by atoms with Crippen LogP contribution in [0.2, 0.25) is 0 Å². The third-order valence-electron chi connectivity index (χ3n) is 1.50. The number of hydrogen-bond acceptors (Lipinski definition) is 3. The molecule has 1 rings (SSSR count). The Kier molecular flexibility index (Phi) is 2.84. The molecule has 0 fully saturated rings. The number of alkyl halides is 2. The van der Waals surface area contributed by atoms with Crippen LogP contribution in [0.3, 0.4) is 0 Å². The molecule has 78 valence electrons. The lowest BCUT2D eigenvalue weighted by Crippen LogP contribution is -2.04. The molecule has 0 spiro atoms. The zero-order valence-corrected chi connectivity index (χ0v) is 8.40. The largest absolute Gasteiger partial charge is 0.316 e. The van der Waals surface area contributed by atoms with E-state index in [9.17, 15) is 17.2 Å². The molecule has 0 bridgehead atoms. The second-order valence-electron chi connectivity index (χ2n) is 2.54. The summed E-state index contributed by atoms with van der Waals surface area (Å²) in [5.74, 6) is 0. The summed E-state index contributed by atoms with van der Waals surface area (Å²) in [5.41, 5.74) is -0.437. The first kappa shape index (κ1) is 11.4. The van der Waals surface area contributed by atoms with E-state index in [-0.39, 0.29) is 0 Å². The molecule has 0 aliphatic carbocycles. The molecular weight excluding hydrogens is 234 g/mol. The van der Waals surface area contributed by atoms with Gasteiger partial charge in [-0.15, -0.1) is 12.6 Å². The molecular formula is C7H6F2O3S2. The molecule has 1 aromatic rings. The SMILES string of the molecule is O=S(=O)(O)c1ccc(C(F)(F)S)cc1. The van der Waals surface area contributed by atoms with Crippen LogP contribution in [0.25, 0.3) is 0 Å². The first-order chi connectivity index (χ1) is 6.21. The minimum Gasteiger partial charge on any atom is -0.282 e. The van der Waals surface area contributed by atoms with E-state index in [1.165, 1.54) is 0 Å². The first-order valence-corrected chi connectivity index (χ1v) is 5.28. The van der Waals surface area contributed by atoms with Gasteiger partial charge < -0.3 is 0 Å². The van der Waals surface area contributed by atoms with Crippen LogP contribution >= 0.6 is 12.6 Å². The highest BCUT2D eigenvalue weighted by Crippen LogP contribution is 2.31. The Morgan fingerprint density at radius 1 is 1.21 bits per heavy atom. The van der Waals surface area contributed by atoms with Gasteiger partial charge in [0.1, 0.15) is 0 Å². The van der Waals surface area contributed by atoms with E-state index < -0.39 is 25.8 Å². The quantitative estimate of drug-likeness (QED) is 0.613. The van der Waals surface area contributed by atoms with E-state index in [1.807, 2.05) is 0 Å². The lowest BCUT2D eigenvalue weighted by molar-refractivity contribution is 0.108. The fourth-order valence-electron chi connectivity index (χ4n) is 0.827. The topological polar surface area (TPSA) is 54.4 Å². The summed E-state index contributed by atoms with van der Waals surface area (Å²) in [6.07, 6.45) is 0. The molecule has 0 aromatic heterocycles. The average Bonchev–Trinajstić information content (AvgIpc) is 2.01. The molecule has 0 heterocycles. The Hall–Kier alpha value is -0.660. The van der Waals surface area contributed by atoms with Crippen molar-refractivity contribution in [3.05, 3.63) is 29.8 Å². The summed E-state index contributed by atoms with van der Waals surface area (Å²) in [7, 11) is -4.33. The second kappa shape index (κ2) is 3.48. The van der Waals surface area contributed by atoms with E-state index >= 15 is 0 Å². The van der Waals surface area contributed by atoms with Gasteiger partial charge in [-0.25, -0.2) is 0 Å². The number of thiol groups is 1. The fourth-order valence-corrected chi connectivity index (χ4v) is 1.46. The smallest absolute Gasteiger partial charge is 0.282 e. The first-order valence-electron chi connectivity index (χ1n) is 3.39. The maximum atomic E-state index is 12.5. The zero-order chi connectivity index (χ0) is 11.0. The van der Waals surface area contributed by atoms with Crippen LogP contribution in [0.1, 0.15) is 5.56 Å². The maximum Gasteiger partial charge on any atom is 0.316 e. The third-order valence-corrected chi connectivity index (χ3v) is 2.63. The van der Waals surface area contributed by atoms with Crippen molar-refractivity contribution in [1.82, 2.24) is 0 Å². The Balaban J connectivity index is 3.14. The highest BCUT2D eigenvalue weighted by Gasteiger charge is 2.25. The highest BCUT2D eigenvalue weighted by molar-refractivity contribution is 7.85. The summed E-state index contributed by atoms with van der Waals surface area (Å²) in [6.45, 7) is 0. The van der Waals surface area contributed by atoms with E-state index in [1.54, 1.807) is 0 Å². The van der Waals surface area contributed by atoms with Crippen LogP contribution in [0, 0.1) is 0 Å². The number of halogens is 2. The maximum absolute atomic E-state index is 12.5. The summed E-state index contributed by atoms with van der Waals surface area (Å²) < 4.78 is 54.7. The second-order valence-corrected chi connectivity index (χ2v) is 4.52. The van der Waals surface area contributed by atoms with Crippen molar-refractivity contribution in [3.63, 3.8) is 0 Å². The molecule has 1 aromatic carbocycles. The molecule has 0 aliphatic heterocycles. The van der Waals surface area contributed by atoms with Crippen molar-refractivity contribution >= 4 is 22.7 Å². The monoisotopic (exact) mass is 240 g/mol. The lowest BCUT2D eigenvalue weighted by Gasteiger charge is -2.08. The van der Waals surface area contributed by atoms with Crippen LogP contribution in [-0.4, -0.2) is 13.0 Å². The number of benzene rings is 1. The standard InChI is InChI=1S/C7H6F2O3S2/c8-7(9,13)5-1-3-6(4-2-5)14(10,11)12/h1-4,13H,(H,10,11,12). The summed E-state index contributed by atoms with van der Waals surface area (Å²) in [4.78, 5) is -0.432. The minimum atomic E-state index is -4.33. The summed E-state index contributed by atoms with van der Waals surface area (Å²) in [6, 6.07) is 3.54. The normalized spacial score (nSPS) is 12.9. The molecule has 3 nitrogen and oxygen atoms in total. The molecule has 0 atom stereocenters. The highest BCUT2D eigenvalue weighted by atomic mass is 32.2. The molecule has 0 radical (unpaired) electrons. The van der Waals surface area contributed by atoms with Gasteiger partial charge in [-0.2, -0.15) is 17.2 Å².